The van der Waals surface area contributed by atoms with Crippen LogP contribution < -0.4 is 0 Å². The van der Waals surface area contributed by atoms with Gasteiger partial charge in [0.05, 0.1) is 6.61 Å². The highest BCUT2D eigenvalue weighted by Gasteiger charge is 2.11. The maximum absolute atomic E-state index is 12.8. The first-order valence-electron chi connectivity index (χ1n) is 10.7. The van der Waals surface area contributed by atoms with Gasteiger partial charge in [-0.15, -0.1) is 0 Å². The van der Waals surface area contributed by atoms with E-state index in [-0.39, 0.29) is 12.5 Å². The number of carbonyl (C=O) groups is 2. The Balaban J connectivity index is 1.52. The van der Waals surface area contributed by atoms with Gasteiger partial charge in [0.25, 0.3) is 0 Å². The van der Waals surface area contributed by atoms with Gasteiger partial charge in [0.2, 0.25) is 5.91 Å². The SMILES string of the molecule is O=C(/C=C/c1ccccc1)OCCCN(Cc1ccccc1)C(=O)/C=C/c1ccccc1. The molecule has 0 aliphatic rings. The molecular weight excluding hydrogens is 398 g/mol. The van der Waals surface area contributed by atoms with Crippen LogP contribution >= 0.6 is 0 Å². The first-order chi connectivity index (χ1) is 15.7. The minimum atomic E-state index is -0.390. The summed E-state index contributed by atoms with van der Waals surface area (Å²) in [7, 11) is 0. The highest BCUT2D eigenvalue weighted by atomic mass is 16.5. The molecule has 0 aromatic heterocycles. The van der Waals surface area contributed by atoms with E-state index in [0.29, 0.717) is 19.5 Å². The fourth-order valence-electron chi connectivity index (χ4n) is 3.11. The van der Waals surface area contributed by atoms with Gasteiger partial charge in [-0.25, -0.2) is 4.79 Å². The minimum Gasteiger partial charge on any atom is -0.462 e. The maximum Gasteiger partial charge on any atom is 0.330 e. The van der Waals surface area contributed by atoms with Crippen molar-refractivity contribution in [2.45, 2.75) is 13.0 Å². The van der Waals surface area contributed by atoms with Crippen LogP contribution in [0.2, 0.25) is 0 Å². The zero-order valence-electron chi connectivity index (χ0n) is 18.0. The fraction of sp³-hybridized carbons (Fsp3) is 0.143. The normalized spacial score (nSPS) is 11.0. The Morgan fingerprint density at radius 3 is 1.84 bits per heavy atom. The largest absolute Gasteiger partial charge is 0.462 e. The Hall–Kier alpha value is -3.92. The lowest BCUT2D eigenvalue weighted by Crippen LogP contribution is -2.30. The monoisotopic (exact) mass is 425 g/mol. The number of hydrogen-bond donors (Lipinski definition) is 0. The van der Waals surface area contributed by atoms with Crippen LogP contribution in [0.1, 0.15) is 23.1 Å². The van der Waals surface area contributed by atoms with Crippen LogP contribution in [-0.2, 0) is 20.9 Å². The van der Waals surface area contributed by atoms with Crippen molar-refractivity contribution in [1.29, 1.82) is 0 Å². The van der Waals surface area contributed by atoms with Crippen molar-refractivity contribution < 1.29 is 14.3 Å². The summed E-state index contributed by atoms with van der Waals surface area (Å²) in [6, 6.07) is 29.2. The average molecular weight is 426 g/mol. The number of rotatable bonds is 10. The number of benzene rings is 3. The number of carbonyl (C=O) groups excluding carboxylic acids is 2. The molecule has 0 aliphatic carbocycles. The van der Waals surface area contributed by atoms with Crippen LogP contribution in [0.5, 0.6) is 0 Å². The van der Waals surface area contributed by atoms with Crippen molar-refractivity contribution in [2.24, 2.45) is 0 Å². The molecule has 1 amide bonds. The Morgan fingerprint density at radius 1 is 0.719 bits per heavy atom. The number of nitrogens with zero attached hydrogens (tertiary/aromatic N) is 1. The van der Waals surface area contributed by atoms with E-state index in [0.717, 1.165) is 16.7 Å². The molecule has 0 heterocycles. The van der Waals surface area contributed by atoms with E-state index in [1.807, 2.05) is 97.1 Å². The maximum atomic E-state index is 12.8. The van der Waals surface area contributed by atoms with Crippen LogP contribution in [-0.4, -0.2) is 29.9 Å². The van der Waals surface area contributed by atoms with Crippen LogP contribution in [0.4, 0.5) is 0 Å². The van der Waals surface area contributed by atoms with Crippen LogP contribution in [0, 0.1) is 0 Å². The smallest absolute Gasteiger partial charge is 0.330 e. The Labute approximate surface area is 189 Å². The van der Waals surface area contributed by atoms with Crippen LogP contribution in [0.3, 0.4) is 0 Å². The summed E-state index contributed by atoms with van der Waals surface area (Å²) in [4.78, 5) is 26.5. The summed E-state index contributed by atoms with van der Waals surface area (Å²) in [5.74, 6) is -0.466. The third-order valence-electron chi connectivity index (χ3n) is 4.77. The second kappa shape index (κ2) is 12.7. The molecular formula is C28H27NO3. The van der Waals surface area contributed by atoms with Gasteiger partial charge >= 0.3 is 5.97 Å². The average Bonchev–Trinajstić information content (AvgIpc) is 2.85. The van der Waals surface area contributed by atoms with E-state index < -0.39 is 5.97 Å². The van der Waals surface area contributed by atoms with Gasteiger partial charge in [0.15, 0.2) is 0 Å². The summed E-state index contributed by atoms with van der Waals surface area (Å²) in [6.45, 7) is 1.24. The number of esters is 1. The van der Waals surface area contributed by atoms with Gasteiger partial charge in [0, 0.05) is 25.2 Å². The lowest BCUT2D eigenvalue weighted by Gasteiger charge is -2.21. The van der Waals surface area contributed by atoms with Gasteiger partial charge < -0.3 is 9.64 Å². The molecule has 0 spiro atoms. The topological polar surface area (TPSA) is 46.6 Å². The van der Waals surface area contributed by atoms with E-state index in [1.54, 1.807) is 17.1 Å². The molecule has 0 bridgehead atoms. The van der Waals surface area contributed by atoms with Crippen LogP contribution in [0.25, 0.3) is 12.2 Å². The Morgan fingerprint density at radius 2 is 1.25 bits per heavy atom. The molecule has 4 nitrogen and oxygen atoms in total. The van der Waals surface area contributed by atoms with E-state index in [1.165, 1.54) is 6.08 Å². The van der Waals surface area contributed by atoms with Crippen molar-refractivity contribution >= 4 is 24.0 Å². The van der Waals surface area contributed by atoms with Crippen molar-refractivity contribution in [1.82, 2.24) is 4.90 Å². The van der Waals surface area contributed by atoms with E-state index >= 15 is 0 Å². The van der Waals surface area contributed by atoms with Crippen molar-refractivity contribution in [3.05, 3.63) is 120 Å². The van der Waals surface area contributed by atoms with E-state index in [4.69, 9.17) is 4.74 Å². The number of amides is 1. The molecule has 0 radical (unpaired) electrons. The molecule has 0 unspecified atom stereocenters. The standard InChI is InChI=1S/C28H27NO3/c30-27(19-17-24-11-4-1-5-12-24)29(23-26-15-8-3-9-16-26)21-10-22-32-28(31)20-18-25-13-6-2-7-14-25/h1-9,11-20H,10,21-23H2/b19-17+,20-18+. The second-order valence-corrected chi connectivity index (χ2v) is 7.25. The molecule has 0 aliphatic heterocycles. The van der Waals surface area contributed by atoms with Crippen LogP contribution in [0.15, 0.2) is 103 Å². The molecule has 0 saturated carbocycles. The zero-order chi connectivity index (χ0) is 22.4. The molecule has 0 fully saturated rings. The predicted octanol–water partition coefficient (Wildman–Crippen LogP) is 5.38. The van der Waals surface area contributed by atoms with Gasteiger partial charge in [-0.1, -0.05) is 91.0 Å². The first kappa shape index (κ1) is 22.8. The first-order valence-corrected chi connectivity index (χ1v) is 10.7. The molecule has 0 saturated heterocycles. The quantitative estimate of drug-likeness (QED) is 0.249. The summed E-state index contributed by atoms with van der Waals surface area (Å²) < 4.78 is 5.29. The molecule has 3 aromatic rings. The molecule has 0 atom stereocenters. The summed E-state index contributed by atoms with van der Waals surface area (Å²) in [6.07, 6.45) is 7.11. The van der Waals surface area contributed by atoms with Gasteiger partial charge in [0.1, 0.15) is 0 Å². The van der Waals surface area contributed by atoms with Gasteiger partial charge in [-0.3, -0.25) is 4.79 Å². The molecule has 32 heavy (non-hydrogen) atoms. The highest BCUT2D eigenvalue weighted by Crippen LogP contribution is 2.08. The van der Waals surface area contributed by atoms with E-state index in [9.17, 15) is 9.59 Å². The van der Waals surface area contributed by atoms with Crippen molar-refractivity contribution in [2.75, 3.05) is 13.2 Å². The Kier molecular flexibility index (Phi) is 9.03. The summed E-state index contributed by atoms with van der Waals surface area (Å²) in [5, 5.41) is 0. The van der Waals surface area contributed by atoms with Gasteiger partial charge in [-0.2, -0.15) is 0 Å². The number of hydrogen-bond acceptors (Lipinski definition) is 3. The van der Waals surface area contributed by atoms with Crippen molar-refractivity contribution in [3.8, 4) is 0 Å². The third-order valence-corrected chi connectivity index (χ3v) is 4.77. The predicted molar refractivity (Wildman–Crippen MR) is 128 cm³/mol. The minimum absolute atomic E-state index is 0.0759. The molecule has 3 aromatic carbocycles. The third kappa shape index (κ3) is 8.07. The Bertz CT molecular complexity index is 1030. The molecule has 4 heteroatoms. The van der Waals surface area contributed by atoms with Gasteiger partial charge in [-0.05, 0) is 35.3 Å². The molecule has 162 valence electrons. The number of ether oxygens (including phenoxy) is 1. The lowest BCUT2D eigenvalue weighted by molar-refractivity contribution is -0.137. The summed E-state index contributed by atoms with van der Waals surface area (Å²) in [5.41, 5.74) is 2.96. The zero-order valence-corrected chi connectivity index (χ0v) is 18.0. The highest BCUT2D eigenvalue weighted by molar-refractivity contribution is 5.91. The lowest BCUT2D eigenvalue weighted by atomic mass is 10.2. The van der Waals surface area contributed by atoms with Crippen molar-refractivity contribution in [3.63, 3.8) is 0 Å². The fourth-order valence-corrected chi connectivity index (χ4v) is 3.11. The second-order valence-electron chi connectivity index (χ2n) is 7.25. The summed E-state index contributed by atoms with van der Waals surface area (Å²) >= 11 is 0. The molecule has 3 rings (SSSR count). The molecule has 0 N–H and O–H groups in total. The van der Waals surface area contributed by atoms with E-state index in [2.05, 4.69) is 0 Å².